The van der Waals surface area contributed by atoms with Gasteiger partial charge >= 0.3 is 0 Å². The fraction of sp³-hybridized carbons (Fsp3) is 0. The number of hydrogen-bond acceptors (Lipinski definition) is 5. The zero-order valence-electron chi connectivity index (χ0n) is 23.9. The van der Waals surface area contributed by atoms with Crippen LogP contribution in [0, 0.1) is 0 Å². The molecule has 8 nitrogen and oxygen atoms in total. The van der Waals surface area contributed by atoms with Gasteiger partial charge < -0.3 is 0 Å². The number of aromatic nitrogens is 8. The van der Waals surface area contributed by atoms with Gasteiger partial charge in [-0.2, -0.15) is 0 Å². The number of imidazole rings is 3. The first-order chi connectivity index (χ1) is 22.3. The van der Waals surface area contributed by atoms with Gasteiger partial charge in [0.2, 0.25) is 0 Å². The van der Waals surface area contributed by atoms with Crippen molar-refractivity contribution in [3.8, 4) is 40.1 Å². The molecule has 0 aliphatic heterocycles. The SMILES string of the molecule is c1ccc(-c2nc3ccccc3n2-c2ccccc2-c2nc(-n3cnc4ccccc43)cc(-n3cnc4ccccc43)n2)cc1. The summed E-state index contributed by atoms with van der Waals surface area (Å²) in [6.45, 7) is 0. The first-order valence-electron chi connectivity index (χ1n) is 14.7. The van der Waals surface area contributed by atoms with Crippen molar-refractivity contribution in [2.24, 2.45) is 0 Å². The Hall–Kier alpha value is -6.41. The molecule has 4 heterocycles. The summed E-state index contributed by atoms with van der Waals surface area (Å²) in [4.78, 5) is 24.7. The summed E-state index contributed by atoms with van der Waals surface area (Å²) in [5.74, 6) is 2.83. The maximum atomic E-state index is 5.18. The Bertz CT molecular complexity index is 2410. The molecule has 4 aromatic heterocycles. The molecule has 0 atom stereocenters. The average Bonchev–Trinajstić information content (AvgIpc) is 3.84. The Morgan fingerprint density at radius 1 is 0.444 bits per heavy atom. The largest absolute Gasteiger partial charge is 0.292 e. The van der Waals surface area contributed by atoms with Crippen LogP contribution in [-0.4, -0.2) is 38.6 Å². The first-order valence-corrected chi connectivity index (χ1v) is 14.7. The molecule has 0 N–H and O–H groups in total. The molecule has 0 radical (unpaired) electrons. The second-order valence-electron chi connectivity index (χ2n) is 10.8. The molecule has 0 saturated heterocycles. The van der Waals surface area contributed by atoms with Gasteiger partial charge in [0.1, 0.15) is 30.1 Å². The number of fused-ring (bicyclic) bond motifs is 3. The van der Waals surface area contributed by atoms with E-state index in [1.807, 2.05) is 125 Å². The third kappa shape index (κ3) is 4.11. The standard InChI is InChI=1S/C37H24N8/c1-2-12-25(13-3-1)37-40-29-17-7-11-21-33(29)45(37)30-18-8-4-14-26(30)36-41-34(43-23-38-27-15-5-9-19-31(27)43)22-35(42-36)44-24-39-28-16-6-10-20-32(28)44/h1-24H. The normalized spacial score (nSPS) is 11.6. The van der Waals surface area contributed by atoms with Crippen LogP contribution in [0.25, 0.3) is 73.2 Å². The minimum atomic E-state index is 0.574. The van der Waals surface area contributed by atoms with Gasteiger partial charge in [0, 0.05) is 17.2 Å². The quantitative estimate of drug-likeness (QED) is 0.207. The Labute approximate surface area is 257 Å². The van der Waals surface area contributed by atoms with Crippen LogP contribution in [0.15, 0.2) is 146 Å². The first kappa shape index (κ1) is 25.1. The summed E-state index contributed by atoms with van der Waals surface area (Å²) in [5.41, 5.74) is 8.45. The molecular formula is C37H24N8. The maximum absolute atomic E-state index is 5.18. The van der Waals surface area contributed by atoms with E-state index in [1.54, 1.807) is 0 Å². The molecule has 0 amide bonds. The zero-order valence-corrected chi connectivity index (χ0v) is 23.9. The van der Waals surface area contributed by atoms with Crippen LogP contribution in [0.4, 0.5) is 0 Å². The molecule has 9 rings (SSSR count). The number of para-hydroxylation sites is 7. The lowest BCUT2D eigenvalue weighted by atomic mass is 10.1. The molecule has 5 aromatic carbocycles. The van der Waals surface area contributed by atoms with Crippen LogP contribution in [0.1, 0.15) is 0 Å². The minimum absolute atomic E-state index is 0.574. The van der Waals surface area contributed by atoms with E-state index < -0.39 is 0 Å². The molecule has 0 unspecified atom stereocenters. The molecule has 45 heavy (non-hydrogen) atoms. The third-order valence-corrected chi connectivity index (χ3v) is 8.08. The highest BCUT2D eigenvalue weighted by Crippen LogP contribution is 2.34. The summed E-state index contributed by atoms with van der Waals surface area (Å²) in [5, 5.41) is 0. The summed E-state index contributed by atoms with van der Waals surface area (Å²) in [6.07, 6.45) is 3.63. The van der Waals surface area contributed by atoms with Gasteiger partial charge in [-0.05, 0) is 48.5 Å². The van der Waals surface area contributed by atoms with E-state index in [1.165, 1.54) is 0 Å². The van der Waals surface area contributed by atoms with E-state index in [4.69, 9.17) is 15.0 Å². The Morgan fingerprint density at radius 2 is 0.978 bits per heavy atom. The number of nitrogens with zero attached hydrogens (tertiary/aromatic N) is 8. The van der Waals surface area contributed by atoms with Gasteiger partial charge in [0.25, 0.3) is 0 Å². The second kappa shape index (κ2) is 10.1. The summed E-state index contributed by atoms with van der Waals surface area (Å²) >= 11 is 0. The summed E-state index contributed by atoms with van der Waals surface area (Å²) in [7, 11) is 0. The van der Waals surface area contributed by atoms with Gasteiger partial charge in [-0.25, -0.2) is 24.9 Å². The highest BCUT2D eigenvalue weighted by molar-refractivity contribution is 5.86. The van der Waals surface area contributed by atoms with E-state index >= 15 is 0 Å². The molecule has 212 valence electrons. The Morgan fingerprint density at radius 3 is 1.64 bits per heavy atom. The highest BCUT2D eigenvalue weighted by Gasteiger charge is 2.20. The van der Waals surface area contributed by atoms with Crippen molar-refractivity contribution in [3.63, 3.8) is 0 Å². The van der Waals surface area contributed by atoms with E-state index in [9.17, 15) is 0 Å². The van der Waals surface area contributed by atoms with Crippen molar-refractivity contribution in [3.05, 3.63) is 146 Å². The van der Waals surface area contributed by atoms with Crippen molar-refractivity contribution < 1.29 is 0 Å². The predicted molar refractivity (Wildman–Crippen MR) is 177 cm³/mol. The Balaban J connectivity index is 1.33. The fourth-order valence-electron chi connectivity index (χ4n) is 5.98. The van der Waals surface area contributed by atoms with Gasteiger partial charge in [-0.3, -0.25) is 13.7 Å². The van der Waals surface area contributed by atoms with Crippen molar-refractivity contribution in [2.75, 3.05) is 0 Å². The monoisotopic (exact) mass is 580 g/mol. The molecule has 0 spiro atoms. The lowest BCUT2D eigenvalue weighted by Gasteiger charge is -2.16. The maximum Gasteiger partial charge on any atom is 0.166 e. The van der Waals surface area contributed by atoms with Crippen molar-refractivity contribution >= 4 is 33.1 Å². The van der Waals surface area contributed by atoms with E-state index in [0.29, 0.717) is 17.5 Å². The third-order valence-electron chi connectivity index (χ3n) is 8.08. The zero-order chi connectivity index (χ0) is 29.7. The van der Waals surface area contributed by atoms with Crippen molar-refractivity contribution in [1.82, 2.24) is 38.6 Å². The van der Waals surface area contributed by atoms with Gasteiger partial charge in [-0.15, -0.1) is 0 Å². The molecule has 0 fully saturated rings. The van der Waals surface area contributed by atoms with Gasteiger partial charge in [0.15, 0.2) is 5.82 Å². The average molecular weight is 581 g/mol. The van der Waals surface area contributed by atoms with Crippen molar-refractivity contribution in [1.29, 1.82) is 0 Å². The Kier molecular flexibility index (Phi) is 5.64. The number of rotatable bonds is 5. The van der Waals surface area contributed by atoms with E-state index in [2.05, 4.69) is 44.9 Å². The highest BCUT2D eigenvalue weighted by atomic mass is 15.2. The van der Waals surface area contributed by atoms with Gasteiger partial charge in [-0.1, -0.05) is 78.9 Å². The lowest BCUT2D eigenvalue weighted by molar-refractivity contribution is 0.950. The van der Waals surface area contributed by atoms with E-state index in [0.717, 1.165) is 55.7 Å². The van der Waals surface area contributed by atoms with Gasteiger partial charge in [0.05, 0.1) is 38.8 Å². The second-order valence-corrected chi connectivity index (χ2v) is 10.8. The number of benzene rings is 5. The number of hydrogen-bond donors (Lipinski definition) is 0. The van der Waals surface area contributed by atoms with E-state index in [-0.39, 0.29) is 0 Å². The molecule has 0 saturated carbocycles. The van der Waals surface area contributed by atoms with Crippen LogP contribution in [0.2, 0.25) is 0 Å². The van der Waals surface area contributed by atoms with Crippen LogP contribution < -0.4 is 0 Å². The van der Waals surface area contributed by atoms with Crippen LogP contribution >= 0.6 is 0 Å². The van der Waals surface area contributed by atoms with Crippen LogP contribution in [0.3, 0.4) is 0 Å². The lowest BCUT2D eigenvalue weighted by Crippen LogP contribution is -2.07. The minimum Gasteiger partial charge on any atom is -0.292 e. The summed E-state index contributed by atoms with van der Waals surface area (Å²) < 4.78 is 6.22. The van der Waals surface area contributed by atoms with Crippen LogP contribution in [-0.2, 0) is 0 Å². The smallest absolute Gasteiger partial charge is 0.166 e. The van der Waals surface area contributed by atoms with Crippen molar-refractivity contribution in [2.45, 2.75) is 0 Å². The predicted octanol–water partition coefficient (Wildman–Crippen LogP) is 7.83. The topological polar surface area (TPSA) is 79.2 Å². The molecule has 8 heteroatoms. The fourth-order valence-corrected chi connectivity index (χ4v) is 5.98. The molecule has 9 aromatic rings. The molecule has 0 bridgehead atoms. The molecule has 0 aliphatic rings. The summed E-state index contributed by atoms with van der Waals surface area (Å²) in [6, 6.07) is 44.8. The molecular weight excluding hydrogens is 556 g/mol. The van der Waals surface area contributed by atoms with Crippen LogP contribution in [0.5, 0.6) is 0 Å². The molecule has 0 aliphatic carbocycles.